The second-order valence-corrected chi connectivity index (χ2v) is 6.93. The topological polar surface area (TPSA) is 94.3 Å². The first-order valence-electron chi connectivity index (χ1n) is 8.63. The molecule has 0 fully saturated rings. The van der Waals surface area contributed by atoms with Crippen LogP contribution in [0.25, 0.3) is 16.8 Å². The molecule has 0 unspecified atom stereocenters. The molecule has 3 heterocycles. The first kappa shape index (κ1) is 19.7. The van der Waals surface area contributed by atoms with Crippen LogP contribution in [0.1, 0.15) is 0 Å². The lowest BCUT2D eigenvalue weighted by molar-refractivity contribution is -0.113. The summed E-state index contributed by atoms with van der Waals surface area (Å²) in [4.78, 5) is 24.4. The van der Waals surface area contributed by atoms with Gasteiger partial charge >= 0.3 is 0 Å². The molecule has 8 nitrogen and oxygen atoms in total. The van der Waals surface area contributed by atoms with Gasteiger partial charge in [0.05, 0.1) is 12.9 Å². The molecular weight excluding hydrogens is 414 g/mol. The zero-order chi connectivity index (χ0) is 21.1. The third kappa shape index (κ3) is 4.20. The predicted octanol–water partition coefficient (Wildman–Crippen LogP) is 3.20. The summed E-state index contributed by atoms with van der Waals surface area (Å²) in [7, 11) is 1.37. The van der Waals surface area contributed by atoms with Crippen LogP contribution in [0.3, 0.4) is 0 Å². The summed E-state index contributed by atoms with van der Waals surface area (Å²) in [6, 6.07) is 7.04. The zero-order valence-corrected chi connectivity index (χ0v) is 16.4. The fourth-order valence-corrected chi connectivity index (χ4v) is 3.27. The van der Waals surface area contributed by atoms with Crippen LogP contribution in [0, 0.1) is 11.6 Å². The van der Waals surface area contributed by atoms with Crippen molar-refractivity contribution in [2.75, 3.05) is 18.2 Å². The van der Waals surface area contributed by atoms with Gasteiger partial charge in [-0.2, -0.15) is 4.98 Å². The number of pyridine rings is 1. The molecule has 1 N–H and O–H groups in total. The Hall–Kier alpha value is -3.60. The lowest BCUT2D eigenvalue weighted by atomic mass is 10.1. The Kier molecular flexibility index (Phi) is 5.53. The number of nitrogens with zero attached hydrogens (tertiary/aromatic N) is 5. The van der Waals surface area contributed by atoms with Gasteiger partial charge in [0, 0.05) is 35.8 Å². The number of anilines is 1. The maximum absolute atomic E-state index is 13.7. The molecule has 11 heteroatoms. The quantitative estimate of drug-likeness (QED) is 0.372. The number of ether oxygens (including phenoxy) is 1. The van der Waals surface area contributed by atoms with Crippen molar-refractivity contribution in [1.82, 2.24) is 24.6 Å². The normalized spacial score (nSPS) is 10.9. The van der Waals surface area contributed by atoms with Gasteiger partial charge in [0.2, 0.25) is 11.9 Å². The van der Waals surface area contributed by atoms with Crippen LogP contribution in [0.15, 0.2) is 54.1 Å². The van der Waals surface area contributed by atoms with Gasteiger partial charge in [-0.15, -0.1) is 5.10 Å². The summed E-state index contributed by atoms with van der Waals surface area (Å²) in [5, 5.41) is 7.31. The van der Waals surface area contributed by atoms with Gasteiger partial charge in [0.15, 0.2) is 22.4 Å². The van der Waals surface area contributed by atoms with E-state index in [9.17, 15) is 13.6 Å². The highest BCUT2D eigenvalue weighted by Crippen LogP contribution is 2.32. The van der Waals surface area contributed by atoms with Crippen LogP contribution < -0.4 is 10.1 Å². The van der Waals surface area contributed by atoms with E-state index in [0.717, 1.165) is 12.1 Å². The Balaban J connectivity index is 1.53. The molecule has 4 rings (SSSR count). The summed E-state index contributed by atoms with van der Waals surface area (Å²) in [5.74, 6) is -1.91. The third-order valence-corrected chi connectivity index (χ3v) is 4.89. The van der Waals surface area contributed by atoms with E-state index in [1.54, 1.807) is 36.8 Å². The van der Waals surface area contributed by atoms with Gasteiger partial charge in [-0.3, -0.25) is 10.1 Å². The zero-order valence-electron chi connectivity index (χ0n) is 15.5. The molecule has 0 atom stereocenters. The lowest BCUT2D eigenvalue weighted by Gasteiger charge is -2.09. The Morgan fingerprint density at radius 1 is 1.20 bits per heavy atom. The predicted molar refractivity (Wildman–Crippen MR) is 106 cm³/mol. The van der Waals surface area contributed by atoms with E-state index in [1.807, 2.05) is 0 Å². The SMILES string of the molecule is COc1cc(F)c(F)cc1-c1ccc2nc(NC(=O)CSc3ncccn3)nn2c1. The molecule has 0 saturated heterocycles. The molecule has 1 amide bonds. The van der Waals surface area contributed by atoms with Crippen molar-refractivity contribution in [3.05, 3.63) is 60.6 Å². The number of hydrogen-bond acceptors (Lipinski definition) is 7. The van der Waals surface area contributed by atoms with Gasteiger partial charge < -0.3 is 4.74 Å². The molecule has 3 aromatic heterocycles. The van der Waals surface area contributed by atoms with E-state index in [0.29, 0.717) is 21.9 Å². The fourth-order valence-electron chi connectivity index (χ4n) is 2.67. The number of carbonyl (C=O) groups excluding carboxylic acids is 1. The number of carbonyl (C=O) groups is 1. The van der Waals surface area contributed by atoms with Crippen molar-refractivity contribution in [2.45, 2.75) is 5.16 Å². The standard InChI is InChI=1S/C19H14F2N6O2S/c1-29-15-8-14(21)13(20)7-12(15)11-3-4-16-24-18(26-27(16)9-11)25-17(28)10-30-19-22-5-2-6-23-19/h2-9H,10H2,1H3,(H,25,26,28). The molecular formula is C19H14F2N6O2S. The Morgan fingerprint density at radius 3 is 2.73 bits per heavy atom. The van der Waals surface area contributed by atoms with E-state index >= 15 is 0 Å². The Labute approximate surface area is 173 Å². The maximum Gasteiger partial charge on any atom is 0.249 e. The van der Waals surface area contributed by atoms with E-state index in [1.165, 1.54) is 23.4 Å². The van der Waals surface area contributed by atoms with E-state index in [4.69, 9.17) is 4.74 Å². The van der Waals surface area contributed by atoms with Crippen molar-refractivity contribution >= 4 is 29.3 Å². The minimum absolute atomic E-state index is 0.0941. The summed E-state index contributed by atoms with van der Waals surface area (Å²) in [6.45, 7) is 0. The summed E-state index contributed by atoms with van der Waals surface area (Å²) in [6.07, 6.45) is 4.77. The molecule has 0 aliphatic carbocycles. The van der Waals surface area contributed by atoms with Crippen molar-refractivity contribution in [2.24, 2.45) is 0 Å². The fraction of sp³-hybridized carbons (Fsp3) is 0.105. The van der Waals surface area contributed by atoms with Crippen molar-refractivity contribution in [3.8, 4) is 16.9 Å². The number of hydrogen-bond donors (Lipinski definition) is 1. The van der Waals surface area contributed by atoms with Gasteiger partial charge in [0.25, 0.3) is 0 Å². The molecule has 152 valence electrons. The highest BCUT2D eigenvalue weighted by molar-refractivity contribution is 7.99. The number of amides is 1. The summed E-state index contributed by atoms with van der Waals surface area (Å²) < 4.78 is 33.8. The van der Waals surface area contributed by atoms with Crippen molar-refractivity contribution in [1.29, 1.82) is 0 Å². The Bertz CT molecular complexity index is 1220. The van der Waals surface area contributed by atoms with Crippen LogP contribution in [-0.4, -0.2) is 43.3 Å². The van der Waals surface area contributed by atoms with E-state index in [-0.39, 0.29) is 23.4 Å². The van der Waals surface area contributed by atoms with Crippen LogP contribution in [-0.2, 0) is 4.79 Å². The molecule has 0 aliphatic heterocycles. The highest BCUT2D eigenvalue weighted by Gasteiger charge is 2.14. The van der Waals surface area contributed by atoms with Crippen molar-refractivity contribution in [3.63, 3.8) is 0 Å². The highest BCUT2D eigenvalue weighted by atomic mass is 32.2. The molecule has 0 saturated carbocycles. The number of benzene rings is 1. The Morgan fingerprint density at radius 2 is 1.97 bits per heavy atom. The molecule has 0 spiro atoms. The van der Waals surface area contributed by atoms with Gasteiger partial charge in [0.1, 0.15) is 5.75 Å². The molecule has 30 heavy (non-hydrogen) atoms. The van der Waals surface area contributed by atoms with Gasteiger partial charge in [-0.1, -0.05) is 11.8 Å². The first-order chi connectivity index (χ1) is 14.5. The van der Waals surface area contributed by atoms with E-state index in [2.05, 4.69) is 25.4 Å². The van der Waals surface area contributed by atoms with Crippen LogP contribution in [0.4, 0.5) is 14.7 Å². The number of rotatable bonds is 6. The molecule has 1 aromatic carbocycles. The van der Waals surface area contributed by atoms with Gasteiger partial charge in [-0.25, -0.2) is 23.3 Å². The average Bonchev–Trinajstić information content (AvgIpc) is 3.16. The van der Waals surface area contributed by atoms with Crippen LogP contribution in [0.5, 0.6) is 5.75 Å². The monoisotopic (exact) mass is 428 g/mol. The molecule has 0 bridgehead atoms. The second-order valence-electron chi connectivity index (χ2n) is 5.99. The maximum atomic E-state index is 13.7. The number of thioether (sulfide) groups is 1. The number of nitrogens with one attached hydrogen (secondary N) is 1. The summed E-state index contributed by atoms with van der Waals surface area (Å²) in [5.41, 5.74) is 1.37. The number of halogens is 2. The third-order valence-electron chi connectivity index (χ3n) is 4.01. The molecule has 0 radical (unpaired) electrons. The smallest absolute Gasteiger partial charge is 0.249 e. The number of methoxy groups -OCH3 is 1. The average molecular weight is 428 g/mol. The van der Waals surface area contributed by atoms with E-state index < -0.39 is 11.6 Å². The first-order valence-corrected chi connectivity index (χ1v) is 9.61. The number of fused-ring (bicyclic) bond motifs is 1. The number of aromatic nitrogens is 5. The lowest BCUT2D eigenvalue weighted by Crippen LogP contribution is -2.15. The van der Waals surface area contributed by atoms with Crippen molar-refractivity contribution < 1.29 is 18.3 Å². The molecule has 0 aliphatic rings. The molecule has 4 aromatic rings. The summed E-state index contributed by atoms with van der Waals surface area (Å²) >= 11 is 1.18. The largest absolute Gasteiger partial charge is 0.496 e. The second kappa shape index (κ2) is 8.41. The van der Waals surface area contributed by atoms with Crippen LogP contribution >= 0.6 is 11.8 Å². The minimum atomic E-state index is -0.999. The minimum Gasteiger partial charge on any atom is -0.496 e. The van der Waals surface area contributed by atoms with Gasteiger partial charge in [-0.05, 0) is 24.3 Å². The van der Waals surface area contributed by atoms with Crippen LogP contribution in [0.2, 0.25) is 0 Å².